The van der Waals surface area contributed by atoms with Crippen LogP contribution in [0.3, 0.4) is 0 Å². The van der Waals surface area contributed by atoms with Crippen molar-refractivity contribution in [3.05, 3.63) is 0 Å². The average Bonchev–Trinajstić information content (AvgIpc) is 1.65. The van der Waals surface area contributed by atoms with Gasteiger partial charge in [0.2, 0.25) is 0 Å². The zero-order valence-corrected chi connectivity index (χ0v) is 7.23. The van der Waals surface area contributed by atoms with Crippen molar-refractivity contribution in [1.29, 1.82) is 0 Å². The SMILES string of the molecule is CI=C(N)CC(C)=O. The molecule has 0 amide bonds. The molecule has 0 rings (SSSR count). The van der Waals surface area contributed by atoms with E-state index in [9.17, 15) is 4.79 Å². The second kappa shape index (κ2) is 4.14. The van der Waals surface area contributed by atoms with Crippen molar-refractivity contribution in [2.24, 2.45) is 5.73 Å². The Labute approximate surface area is 59.2 Å². The van der Waals surface area contributed by atoms with E-state index in [0.29, 0.717) is 6.42 Å². The smallest absolute Gasteiger partial charge is 0.135 e. The second-order valence-corrected chi connectivity index (χ2v) is 3.98. The zero-order valence-electron chi connectivity index (χ0n) is 5.07. The van der Waals surface area contributed by atoms with Crippen molar-refractivity contribution in [1.82, 2.24) is 0 Å². The van der Waals surface area contributed by atoms with Crippen LogP contribution in [0.25, 0.3) is 0 Å². The van der Waals surface area contributed by atoms with Crippen LogP contribution in [-0.2, 0) is 4.79 Å². The number of rotatable bonds is 2. The van der Waals surface area contributed by atoms with Gasteiger partial charge < -0.3 is 5.73 Å². The van der Waals surface area contributed by atoms with Crippen LogP contribution in [0, 0.1) is 0 Å². The first-order valence-electron chi connectivity index (χ1n) is 2.27. The largest absolute Gasteiger partial charge is 0.301 e. The van der Waals surface area contributed by atoms with Gasteiger partial charge in [-0.3, -0.25) is 4.79 Å². The van der Waals surface area contributed by atoms with Crippen molar-refractivity contribution in [3.8, 4) is 0 Å². The summed E-state index contributed by atoms with van der Waals surface area (Å²) in [4.78, 5) is 12.4. The molecule has 2 nitrogen and oxygen atoms in total. The van der Waals surface area contributed by atoms with Crippen LogP contribution in [0.4, 0.5) is 0 Å². The Kier molecular flexibility index (Phi) is 4.26. The normalized spacial score (nSPS) is 12.6. The molecule has 0 heterocycles. The van der Waals surface area contributed by atoms with Gasteiger partial charge in [-0.2, -0.15) is 0 Å². The number of ketones is 1. The van der Waals surface area contributed by atoms with Crippen LogP contribution >= 0.6 is 20.7 Å². The highest BCUT2D eigenvalue weighted by Crippen LogP contribution is 1.92. The molecule has 0 aliphatic rings. The molecule has 0 aromatic heterocycles. The van der Waals surface area contributed by atoms with Crippen LogP contribution < -0.4 is 5.73 Å². The van der Waals surface area contributed by atoms with Gasteiger partial charge >= 0.3 is 0 Å². The highest BCUT2D eigenvalue weighted by Gasteiger charge is 1.92. The summed E-state index contributed by atoms with van der Waals surface area (Å²) in [5, 5.41) is 0. The van der Waals surface area contributed by atoms with E-state index in [1.54, 1.807) is 6.92 Å². The Morgan fingerprint density at radius 3 is 2.38 bits per heavy atom. The maximum absolute atomic E-state index is 10.3. The summed E-state index contributed by atoms with van der Waals surface area (Å²) in [6.45, 7) is 1.56. The van der Waals surface area contributed by atoms with E-state index in [0.717, 1.165) is 3.63 Å². The molecule has 0 saturated carbocycles. The lowest BCUT2D eigenvalue weighted by molar-refractivity contribution is -0.115. The minimum Gasteiger partial charge on any atom is -0.301 e. The van der Waals surface area contributed by atoms with Gasteiger partial charge in [0.1, 0.15) is 5.78 Å². The topological polar surface area (TPSA) is 43.1 Å². The monoisotopic (exact) mass is 227 g/mol. The minimum absolute atomic E-state index is 0.0153. The lowest BCUT2D eigenvalue weighted by Gasteiger charge is -1.90. The Morgan fingerprint density at radius 2 is 2.25 bits per heavy atom. The fourth-order valence-electron chi connectivity index (χ4n) is 0.305. The summed E-state index contributed by atoms with van der Waals surface area (Å²) >= 11 is -0.0153. The third-order valence-corrected chi connectivity index (χ3v) is 2.43. The molecule has 48 valence electrons. The van der Waals surface area contributed by atoms with E-state index in [1.165, 1.54) is 0 Å². The maximum atomic E-state index is 10.3. The molecule has 0 unspecified atom stereocenters. The summed E-state index contributed by atoms with van der Waals surface area (Å²) in [5.74, 6) is 0.170. The molecule has 0 aliphatic carbocycles. The van der Waals surface area contributed by atoms with Gasteiger partial charge in [0, 0.05) is 10.1 Å². The predicted molar refractivity (Wildman–Crippen MR) is 44.4 cm³/mol. The first-order chi connectivity index (χ1) is 3.66. The van der Waals surface area contributed by atoms with Crippen LogP contribution in [0.2, 0.25) is 0 Å². The Hall–Kier alpha value is 0.230. The molecule has 0 bridgehead atoms. The number of carbonyl (C=O) groups is 1. The highest BCUT2D eigenvalue weighted by atomic mass is 127. The third kappa shape index (κ3) is 4.39. The molecule has 0 radical (unpaired) electrons. The molecule has 0 atom stereocenters. The minimum atomic E-state index is -0.0153. The standard InChI is InChI=1S/C5H10INO/c1-4(8)3-5(7)6-2/h3,7H2,1-2H3. The van der Waals surface area contributed by atoms with Gasteiger partial charge in [-0.1, -0.05) is 0 Å². The third-order valence-electron chi connectivity index (χ3n) is 0.661. The van der Waals surface area contributed by atoms with Crippen molar-refractivity contribution >= 4 is 30.1 Å². The Morgan fingerprint density at radius 1 is 1.75 bits per heavy atom. The van der Waals surface area contributed by atoms with Gasteiger partial charge in [-0.05, 0) is 11.9 Å². The first kappa shape index (κ1) is 8.23. The second-order valence-electron chi connectivity index (χ2n) is 1.51. The van der Waals surface area contributed by atoms with Crippen molar-refractivity contribution in [3.63, 3.8) is 0 Å². The Bertz CT molecular complexity index is 120. The summed E-state index contributed by atoms with van der Waals surface area (Å²) in [6.07, 6.45) is 0.490. The number of halogens is 1. The van der Waals surface area contributed by atoms with Crippen molar-refractivity contribution in [2.75, 3.05) is 4.93 Å². The zero-order chi connectivity index (χ0) is 6.57. The predicted octanol–water partition coefficient (Wildman–Crippen LogP) is 0.655. The molecule has 0 fully saturated rings. The van der Waals surface area contributed by atoms with Gasteiger partial charge in [0.25, 0.3) is 0 Å². The number of carbonyl (C=O) groups excluding carboxylic acids is 1. The molecule has 8 heavy (non-hydrogen) atoms. The molecular formula is C5H10INO. The van der Waals surface area contributed by atoms with Crippen molar-refractivity contribution in [2.45, 2.75) is 13.3 Å². The Balaban J connectivity index is 3.56. The lowest BCUT2D eigenvalue weighted by atomic mass is 10.3. The summed E-state index contributed by atoms with van der Waals surface area (Å²) in [6, 6.07) is 0. The molecule has 0 aliphatic heterocycles. The summed E-state index contributed by atoms with van der Waals surface area (Å²) < 4.78 is 0.885. The highest BCUT2D eigenvalue weighted by molar-refractivity contribution is 14.2. The molecule has 0 aromatic rings. The fraction of sp³-hybridized carbons (Fsp3) is 0.600. The van der Waals surface area contributed by atoms with Crippen LogP contribution in [0.1, 0.15) is 13.3 Å². The van der Waals surface area contributed by atoms with Gasteiger partial charge in [0.05, 0.1) is 0 Å². The van der Waals surface area contributed by atoms with Gasteiger partial charge in [-0.25, -0.2) is 0 Å². The number of hydrogen-bond acceptors (Lipinski definition) is 2. The van der Waals surface area contributed by atoms with Crippen LogP contribution in [-0.4, -0.2) is 14.3 Å². The first-order valence-corrected chi connectivity index (χ1v) is 5.50. The quantitative estimate of drug-likeness (QED) is 0.556. The number of hydrogen-bond donors (Lipinski definition) is 1. The summed E-state index contributed by atoms with van der Waals surface area (Å²) in [7, 11) is 0. The van der Waals surface area contributed by atoms with Crippen molar-refractivity contribution < 1.29 is 4.79 Å². The molecular weight excluding hydrogens is 217 g/mol. The molecule has 0 spiro atoms. The number of Topliss-reactive ketones (excluding diaryl/α,β-unsaturated/α-hetero) is 1. The molecule has 0 aromatic carbocycles. The number of nitrogens with two attached hydrogens (primary N) is 1. The van der Waals surface area contributed by atoms with E-state index >= 15 is 0 Å². The molecule has 2 N–H and O–H groups in total. The van der Waals surface area contributed by atoms with Gasteiger partial charge in [-0.15, -0.1) is 20.7 Å². The van der Waals surface area contributed by atoms with E-state index < -0.39 is 0 Å². The van der Waals surface area contributed by atoms with E-state index in [4.69, 9.17) is 5.73 Å². The van der Waals surface area contributed by atoms with E-state index in [1.807, 2.05) is 0 Å². The van der Waals surface area contributed by atoms with Gasteiger partial charge in [0.15, 0.2) is 0 Å². The molecule has 0 saturated heterocycles. The van der Waals surface area contributed by atoms with E-state index in [-0.39, 0.29) is 26.5 Å². The summed E-state index contributed by atoms with van der Waals surface area (Å²) in [5.41, 5.74) is 5.42. The van der Waals surface area contributed by atoms with Crippen LogP contribution in [0.15, 0.2) is 0 Å². The lowest BCUT2D eigenvalue weighted by Crippen LogP contribution is -2.11. The number of alkyl halides is 1. The fourth-order valence-corrected chi connectivity index (χ4v) is 1.22. The van der Waals surface area contributed by atoms with E-state index in [2.05, 4.69) is 4.93 Å². The van der Waals surface area contributed by atoms with Crippen LogP contribution in [0.5, 0.6) is 0 Å². The average molecular weight is 227 g/mol. The maximum Gasteiger partial charge on any atom is 0.135 e. The molecule has 3 heteroatoms.